The molecule has 0 unspecified atom stereocenters. The number of anilines is 2. The minimum absolute atomic E-state index is 0.122. The van der Waals surface area contributed by atoms with Gasteiger partial charge in [0.05, 0.1) is 13.5 Å². The monoisotopic (exact) mass is 479 g/mol. The van der Waals surface area contributed by atoms with Crippen LogP contribution in [0.5, 0.6) is 5.75 Å². The first kappa shape index (κ1) is 23.4. The van der Waals surface area contributed by atoms with Crippen LogP contribution in [-0.2, 0) is 11.2 Å². The highest BCUT2D eigenvalue weighted by Crippen LogP contribution is 2.23. The van der Waals surface area contributed by atoms with Crippen LogP contribution in [0.3, 0.4) is 0 Å². The normalized spacial score (nSPS) is 13.5. The maximum atomic E-state index is 12.9. The molecule has 182 valence electrons. The highest BCUT2D eigenvalue weighted by atomic mass is 16.5. The van der Waals surface area contributed by atoms with Crippen molar-refractivity contribution in [1.82, 2.24) is 4.90 Å². The number of hydrogen-bond acceptors (Lipinski definition) is 4. The van der Waals surface area contributed by atoms with Gasteiger partial charge in [0.2, 0.25) is 5.91 Å². The summed E-state index contributed by atoms with van der Waals surface area (Å²) in [5.41, 5.74) is 3.49. The Balaban J connectivity index is 1.16. The van der Waals surface area contributed by atoms with E-state index in [2.05, 4.69) is 10.2 Å². The molecule has 36 heavy (non-hydrogen) atoms. The number of fused-ring (bicyclic) bond motifs is 1. The Morgan fingerprint density at radius 3 is 2.22 bits per heavy atom. The van der Waals surface area contributed by atoms with Crippen molar-refractivity contribution in [3.8, 4) is 5.75 Å². The molecule has 0 spiro atoms. The molecule has 5 rings (SSSR count). The van der Waals surface area contributed by atoms with Crippen molar-refractivity contribution in [2.24, 2.45) is 0 Å². The van der Waals surface area contributed by atoms with Gasteiger partial charge in [-0.05, 0) is 58.8 Å². The van der Waals surface area contributed by atoms with Crippen molar-refractivity contribution < 1.29 is 14.3 Å². The largest absolute Gasteiger partial charge is 0.497 e. The molecule has 1 saturated heterocycles. The lowest BCUT2D eigenvalue weighted by atomic mass is 10.0. The number of methoxy groups -OCH3 is 1. The summed E-state index contributed by atoms with van der Waals surface area (Å²) < 4.78 is 5.18. The molecule has 0 bridgehead atoms. The van der Waals surface area contributed by atoms with Gasteiger partial charge in [0.1, 0.15) is 5.75 Å². The molecule has 6 heteroatoms. The molecule has 4 aromatic carbocycles. The minimum atomic E-state index is -0.122. The molecule has 1 fully saturated rings. The third-order valence-electron chi connectivity index (χ3n) is 6.67. The number of carbonyl (C=O) groups is 2. The predicted octanol–water partition coefficient (Wildman–Crippen LogP) is 4.99. The van der Waals surface area contributed by atoms with E-state index < -0.39 is 0 Å². The van der Waals surface area contributed by atoms with Crippen LogP contribution in [0.2, 0.25) is 0 Å². The number of hydrogen-bond donors (Lipinski definition) is 1. The van der Waals surface area contributed by atoms with E-state index in [9.17, 15) is 9.59 Å². The summed E-state index contributed by atoms with van der Waals surface area (Å²) in [7, 11) is 1.63. The highest BCUT2D eigenvalue weighted by Gasteiger charge is 2.21. The number of nitrogens with one attached hydrogen (secondary N) is 1. The van der Waals surface area contributed by atoms with Crippen LogP contribution < -0.4 is 15.0 Å². The topological polar surface area (TPSA) is 61.9 Å². The van der Waals surface area contributed by atoms with Gasteiger partial charge in [-0.2, -0.15) is 0 Å². The van der Waals surface area contributed by atoms with Crippen molar-refractivity contribution >= 4 is 34.0 Å². The van der Waals surface area contributed by atoms with Crippen molar-refractivity contribution in [2.45, 2.75) is 6.42 Å². The number of rotatable bonds is 6. The van der Waals surface area contributed by atoms with Gasteiger partial charge in [-0.1, -0.05) is 48.5 Å². The third kappa shape index (κ3) is 5.18. The van der Waals surface area contributed by atoms with Crippen LogP contribution in [0.1, 0.15) is 15.9 Å². The second-order valence-electron chi connectivity index (χ2n) is 8.92. The number of amides is 2. The second-order valence-corrected chi connectivity index (χ2v) is 8.92. The number of nitrogens with zero attached hydrogens (tertiary/aromatic N) is 2. The Bertz CT molecular complexity index is 1350. The molecular weight excluding hydrogens is 450 g/mol. The van der Waals surface area contributed by atoms with E-state index in [1.165, 1.54) is 0 Å². The van der Waals surface area contributed by atoms with Crippen molar-refractivity contribution in [1.29, 1.82) is 0 Å². The van der Waals surface area contributed by atoms with Crippen LogP contribution in [0.25, 0.3) is 10.8 Å². The summed E-state index contributed by atoms with van der Waals surface area (Å²) >= 11 is 0. The number of ether oxygens (including phenoxy) is 1. The molecule has 1 heterocycles. The summed E-state index contributed by atoms with van der Waals surface area (Å²) in [5, 5.41) is 5.00. The van der Waals surface area contributed by atoms with Crippen LogP contribution in [0.4, 0.5) is 11.4 Å². The lowest BCUT2D eigenvalue weighted by Gasteiger charge is -2.36. The SMILES string of the molecule is COc1ccc(CC(=O)N2CCN(c3ccc(NC(=O)c4cccc5ccccc45)cc3)CC2)cc1. The molecule has 2 amide bonds. The molecule has 0 saturated carbocycles. The maximum absolute atomic E-state index is 12.9. The first-order chi connectivity index (χ1) is 17.6. The Labute approximate surface area is 211 Å². The molecule has 0 atom stereocenters. The summed E-state index contributed by atoms with van der Waals surface area (Å²) in [6.45, 7) is 2.93. The fourth-order valence-corrected chi connectivity index (χ4v) is 4.62. The van der Waals surface area contributed by atoms with Gasteiger partial charge in [-0.3, -0.25) is 9.59 Å². The lowest BCUT2D eigenvalue weighted by Crippen LogP contribution is -2.49. The van der Waals surface area contributed by atoms with E-state index in [-0.39, 0.29) is 11.8 Å². The Kier molecular flexibility index (Phi) is 6.85. The lowest BCUT2D eigenvalue weighted by molar-refractivity contribution is -0.130. The molecular formula is C30H29N3O3. The number of benzene rings is 4. The van der Waals surface area contributed by atoms with Crippen molar-refractivity contribution in [3.05, 3.63) is 102 Å². The van der Waals surface area contributed by atoms with Crippen LogP contribution in [-0.4, -0.2) is 50.0 Å². The van der Waals surface area contributed by atoms with Gasteiger partial charge in [-0.25, -0.2) is 0 Å². The van der Waals surface area contributed by atoms with E-state index in [4.69, 9.17) is 4.74 Å². The van der Waals surface area contributed by atoms with E-state index in [0.717, 1.165) is 46.5 Å². The zero-order valence-electron chi connectivity index (χ0n) is 20.3. The van der Waals surface area contributed by atoms with E-state index in [0.29, 0.717) is 25.1 Å². The molecule has 1 aliphatic heterocycles. The van der Waals surface area contributed by atoms with Gasteiger partial charge < -0.3 is 19.9 Å². The fraction of sp³-hybridized carbons (Fsp3) is 0.200. The summed E-state index contributed by atoms with van der Waals surface area (Å²) in [4.78, 5) is 29.9. The Hall–Kier alpha value is -4.32. The second kappa shape index (κ2) is 10.5. The highest BCUT2D eigenvalue weighted by molar-refractivity contribution is 6.12. The van der Waals surface area contributed by atoms with Gasteiger partial charge >= 0.3 is 0 Å². The van der Waals surface area contributed by atoms with Crippen molar-refractivity contribution in [2.75, 3.05) is 43.5 Å². The first-order valence-corrected chi connectivity index (χ1v) is 12.2. The van der Waals surface area contributed by atoms with E-state index in [1.807, 2.05) is 95.9 Å². The molecule has 6 nitrogen and oxygen atoms in total. The van der Waals surface area contributed by atoms with Crippen LogP contribution in [0.15, 0.2) is 91.0 Å². The fourth-order valence-electron chi connectivity index (χ4n) is 4.62. The first-order valence-electron chi connectivity index (χ1n) is 12.2. The summed E-state index contributed by atoms with van der Waals surface area (Å²) in [5.74, 6) is 0.814. The zero-order valence-corrected chi connectivity index (χ0v) is 20.3. The molecule has 1 aliphatic rings. The van der Waals surface area contributed by atoms with Gasteiger partial charge in [0.25, 0.3) is 5.91 Å². The quantitative estimate of drug-likeness (QED) is 0.423. The molecule has 0 aliphatic carbocycles. The average molecular weight is 480 g/mol. The summed E-state index contributed by atoms with van der Waals surface area (Å²) in [6, 6.07) is 29.2. The van der Waals surface area contributed by atoms with Gasteiger partial charge in [0, 0.05) is 43.1 Å². The standard InChI is InChI=1S/C30H29N3O3/c1-36-26-15-9-22(10-16-26)21-29(34)33-19-17-32(18-20-33)25-13-11-24(12-14-25)31-30(35)28-8-4-6-23-5-2-3-7-27(23)28/h2-16H,17-21H2,1H3,(H,31,35). The van der Waals surface area contributed by atoms with Gasteiger partial charge in [-0.15, -0.1) is 0 Å². The molecule has 0 radical (unpaired) electrons. The van der Waals surface area contributed by atoms with Crippen LogP contribution in [0, 0.1) is 0 Å². The third-order valence-corrected chi connectivity index (χ3v) is 6.67. The Morgan fingerprint density at radius 1 is 0.806 bits per heavy atom. The number of piperazine rings is 1. The maximum Gasteiger partial charge on any atom is 0.256 e. The smallest absolute Gasteiger partial charge is 0.256 e. The summed E-state index contributed by atoms with van der Waals surface area (Å²) in [6.07, 6.45) is 0.398. The molecule has 0 aromatic heterocycles. The predicted molar refractivity (Wildman–Crippen MR) is 144 cm³/mol. The van der Waals surface area contributed by atoms with Crippen LogP contribution >= 0.6 is 0 Å². The minimum Gasteiger partial charge on any atom is -0.497 e. The van der Waals surface area contributed by atoms with Gasteiger partial charge in [0.15, 0.2) is 0 Å². The number of carbonyl (C=O) groups excluding carboxylic acids is 2. The average Bonchev–Trinajstić information content (AvgIpc) is 2.93. The zero-order chi connectivity index (χ0) is 24.9. The van der Waals surface area contributed by atoms with Crippen molar-refractivity contribution in [3.63, 3.8) is 0 Å². The molecule has 1 N–H and O–H groups in total. The van der Waals surface area contributed by atoms with E-state index in [1.54, 1.807) is 7.11 Å². The molecule has 4 aromatic rings. The Morgan fingerprint density at radius 2 is 1.50 bits per heavy atom. The van der Waals surface area contributed by atoms with E-state index >= 15 is 0 Å².